The molecular formula is C18H29N5O4. The Kier molecular flexibility index (Phi) is 8.67. The van der Waals surface area contributed by atoms with Gasteiger partial charge >= 0.3 is 5.97 Å². The first kappa shape index (κ1) is 22.4. The first-order valence-electron chi connectivity index (χ1n) is 8.89. The van der Waals surface area contributed by atoms with Gasteiger partial charge in [-0.15, -0.1) is 0 Å². The quantitative estimate of drug-likeness (QED) is 0.742. The minimum absolute atomic E-state index is 0.126. The van der Waals surface area contributed by atoms with Crippen LogP contribution in [0.5, 0.6) is 0 Å². The zero-order chi connectivity index (χ0) is 20.6. The molecule has 0 aliphatic carbocycles. The Hall–Kier alpha value is -2.68. The molecule has 0 spiro atoms. The largest absolute Gasteiger partial charge is 0.476 e. The maximum atomic E-state index is 11.7. The molecule has 1 N–H and O–H groups in total. The third-order valence-electron chi connectivity index (χ3n) is 3.83. The summed E-state index contributed by atoms with van der Waals surface area (Å²) in [5.41, 5.74) is 2.44. The molecule has 0 aliphatic heterocycles. The molecule has 1 amide bonds. The normalized spacial score (nSPS) is 10.3. The lowest BCUT2D eigenvalue weighted by molar-refractivity contribution is -0.0760. The first-order chi connectivity index (χ1) is 12.7. The van der Waals surface area contributed by atoms with Crippen molar-refractivity contribution < 1.29 is 19.5 Å². The van der Waals surface area contributed by atoms with E-state index >= 15 is 0 Å². The van der Waals surface area contributed by atoms with Crippen molar-refractivity contribution in [3.05, 3.63) is 34.9 Å². The summed E-state index contributed by atoms with van der Waals surface area (Å²) in [5.74, 6) is -1.19. The number of amides is 1. The molecular weight excluding hydrogens is 350 g/mol. The van der Waals surface area contributed by atoms with Gasteiger partial charge in [-0.25, -0.2) is 9.86 Å². The topological polar surface area (TPSA) is 102 Å². The SMILES string of the molecule is CCCn1nc(C(=O)N(C)OC)cc1C.CCCn1nc(C(=O)O)cc1C. The summed E-state index contributed by atoms with van der Waals surface area (Å²) >= 11 is 0. The van der Waals surface area contributed by atoms with Crippen LogP contribution in [-0.2, 0) is 17.9 Å². The smallest absolute Gasteiger partial charge is 0.356 e. The minimum Gasteiger partial charge on any atom is -0.476 e. The van der Waals surface area contributed by atoms with Crippen LogP contribution >= 0.6 is 0 Å². The van der Waals surface area contributed by atoms with E-state index in [4.69, 9.17) is 9.94 Å². The monoisotopic (exact) mass is 379 g/mol. The van der Waals surface area contributed by atoms with Gasteiger partial charge in [0.15, 0.2) is 11.4 Å². The third kappa shape index (κ3) is 6.21. The van der Waals surface area contributed by atoms with Gasteiger partial charge in [-0.05, 0) is 38.8 Å². The molecule has 0 saturated heterocycles. The standard InChI is InChI=1S/C10H17N3O2.C8H12N2O2/c1-5-6-13-8(2)7-9(11-13)10(14)12(3)15-4;1-3-4-10-6(2)5-7(9-10)8(11)12/h7H,5-6H2,1-4H3;5H,3-4H2,1-2H3,(H,11,12). The van der Waals surface area contributed by atoms with E-state index in [-0.39, 0.29) is 11.6 Å². The van der Waals surface area contributed by atoms with Crippen LogP contribution in [0.4, 0.5) is 0 Å². The van der Waals surface area contributed by atoms with Crippen molar-refractivity contribution in [2.45, 2.75) is 53.6 Å². The number of hydrogen-bond acceptors (Lipinski definition) is 5. The van der Waals surface area contributed by atoms with E-state index in [0.717, 1.165) is 42.4 Å². The van der Waals surface area contributed by atoms with Gasteiger partial charge in [0.25, 0.3) is 5.91 Å². The van der Waals surface area contributed by atoms with Gasteiger partial charge in [0, 0.05) is 31.5 Å². The van der Waals surface area contributed by atoms with E-state index in [2.05, 4.69) is 17.1 Å². The molecule has 9 nitrogen and oxygen atoms in total. The molecule has 150 valence electrons. The van der Waals surface area contributed by atoms with E-state index in [1.54, 1.807) is 23.9 Å². The number of rotatable bonds is 7. The van der Waals surface area contributed by atoms with Crippen molar-refractivity contribution in [2.24, 2.45) is 0 Å². The molecule has 0 aromatic carbocycles. The Labute approximate surface area is 159 Å². The molecule has 9 heteroatoms. The Morgan fingerprint density at radius 2 is 1.48 bits per heavy atom. The summed E-state index contributed by atoms with van der Waals surface area (Å²) in [7, 11) is 3.02. The maximum absolute atomic E-state index is 11.7. The molecule has 0 unspecified atom stereocenters. The van der Waals surface area contributed by atoms with E-state index in [1.165, 1.54) is 7.11 Å². The van der Waals surface area contributed by atoms with Crippen LogP contribution in [0.3, 0.4) is 0 Å². The molecule has 0 saturated carbocycles. The Morgan fingerprint density at radius 1 is 1.04 bits per heavy atom. The van der Waals surface area contributed by atoms with Crippen LogP contribution in [0.2, 0.25) is 0 Å². The number of carbonyl (C=O) groups excluding carboxylic acids is 1. The lowest BCUT2D eigenvalue weighted by atomic mass is 10.3. The summed E-state index contributed by atoms with van der Waals surface area (Å²) in [6.45, 7) is 9.50. The zero-order valence-corrected chi connectivity index (χ0v) is 16.9. The summed E-state index contributed by atoms with van der Waals surface area (Å²) in [6.07, 6.45) is 1.96. The van der Waals surface area contributed by atoms with E-state index in [1.807, 2.05) is 25.5 Å². The average Bonchev–Trinajstić information content (AvgIpc) is 3.18. The number of aromatic nitrogens is 4. The molecule has 0 aliphatic rings. The summed E-state index contributed by atoms with van der Waals surface area (Å²) in [6, 6.07) is 3.35. The molecule has 0 bridgehead atoms. The highest BCUT2D eigenvalue weighted by atomic mass is 16.7. The summed E-state index contributed by atoms with van der Waals surface area (Å²) in [5, 5.41) is 17.9. The van der Waals surface area contributed by atoms with Crippen LogP contribution < -0.4 is 0 Å². The van der Waals surface area contributed by atoms with Crippen molar-refractivity contribution in [2.75, 3.05) is 14.2 Å². The molecule has 0 fully saturated rings. The number of aryl methyl sites for hydroxylation is 4. The first-order valence-corrected chi connectivity index (χ1v) is 8.89. The number of carbonyl (C=O) groups is 2. The van der Waals surface area contributed by atoms with E-state index in [9.17, 15) is 9.59 Å². The predicted molar refractivity (Wildman–Crippen MR) is 101 cm³/mol. The zero-order valence-electron chi connectivity index (χ0n) is 16.9. The Bertz CT molecular complexity index is 766. The van der Waals surface area contributed by atoms with Gasteiger partial charge in [-0.2, -0.15) is 10.2 Å². The number of carboxylic acid groups (broad SMARTS) is 1. The van der Waals surface area contributed by atoms with Crippen LogP contribution in [0.25, 0.3) is 0 Å². The van der Waals surface area contributed by atoms with Gasteiger partial charge in [0.1, 0.15) is 0 Å². The van der Waals surface area contributed by atoms with Crippen LogP contribution in [-0.4, -0.2) is 55.8 Å². The highest BCUT2D eigenvalue weighted by Crippen LogP contribution is 2.07. The predicted octanol–water partition coefficient (Wildman–Crippen LogP) is 2.53. The molecule has 0 radical (unpaired) electrons. The van der Waals surface area contributed by atoms with Crippen molar-refractivity contribution in [3.63, 3.8) is 0 Å². The second-order valence-electron chi connectivity index (χ2n) is 6.08. The summed E-state index contributed by atoms with van der Waals surface area (Å²) in [4.78, 5) is 27.0. The number of hydroxylamine groups is 2. The molecule has 2 rings (SSSR count). The number of aromatic carboxylic acids is 1. The lowest BCUT2D eigenvalue weighted by Gasteiger charge is -2.11. The van der Waals surface area contributed by atoms with Gasteiger partial charge < -0.3 is 5.11 Å². The fourth-order valence-electron chi connectivity index (χ4n) is 2.35. The number of nitrogens with zero attached hydrogens (tertiary/aromatic N) is 5. The Balaban J connectivity index is 0.000000277. The van der Waals surface area contributed by atoms with Crippen LogP contribution in [0.15, 0.2) is 12.1 Å². The third-order valence-corrected chi connectivity index (χ3v) is 3.83. The minimum atomic E-state index is -0.965. The van der Waals surface area contributed by atoms with E-state index < -0.39 is 5.97 Å². The number of hydrogen-bond donors (Lipinski definition) is 1. The summed E-state index contributed by atoms with van der Waals surface area (Å²) < 4.78 is 3.54. The maximum Gasteiger partial charge on any atom is 0.356 e. The average molecular weight is 379 g/mol. The second kappa shape index (κ2) is 10.5. The fraction of sp³-hybridized carbons (Fsp3) is 0.556. The lowest BCUT2D eigenvalue weighted by Crippen LogP contribution is -2.25. The van der Waals surface area contributed by atoms with Crippen molar-refractivity contribution in [1.82, 2.24) is 24.6 Å². The molecule has 2 aromatic heterocycles. The molecule has 2 heterocycles. The number of carboxylic acids is 1. The van der Waals surface area contributed by atoms with Crippen molar-refractivity contribution in [1.29, 1.82) is 0 Å². The molecule has 2 aromatic rings. The van der Waals surface area contributed by atoms with Crippen molar-refractivity contribution in [3.8, 4) is 0 Å². The van der Waals surface area contributed by atoms with Gasteiger partial charge in [0.05, 0.1) is 7.11 Å². The highest BCUT2D eigenvalue weighted by molar-refractivity contribution is 5.91. The van der Waals surface area contributed by atoms with Crippen LogP contribution in [0.1, 0.15) is 59.1 Å². The van der Waals surface area contributed by atoms with Gasteiger partial charge in [0.2, 0.25) is 0 Å². The van der Waals surface area contributed by atoms with Gasteiger partial charge in [-0.3, -0.25) is 19.0 Å². The van der Waals surface area contributed by atoms with Crippen molar-refractivity contribution >= 4 is 11.9 Å². The van der Waals surface area contributed by atoms with Crippen LogP contribution in [0, 0.1) is 13.8 Å². The van der Waals surface area contributed by atoms with Gasteiger partial charge in [-0.1, -0.05) is 13.8 Å². The Morgan fingerprint density at radius 3 is 1.85 bits per heavy atom. The second-order valence-corrected chi connectivity index (χ2v) is 6.08. The highest BCUT2D eigenvalue weighted by Gasteiger charge is 2.16. The molecule has 0 atom stereocenters. The van der Waals surface area contributed by atoms with E-state index in [0.29, 0.717) is 5.69 Å². The fourth-order valence-corrected chi connectivity index (χ4v) is 2.35. The molecule has 27 heavy (non-hydrogen) atoms.